The van der Waals surface area contributed by atoms with Crippen molar-refractivity contribution < 1.29 is 4.79 Å². The number of aromatic nitrogens is 2. The molecule has 1 atom stereocenters. The van der Waals surface area contributed by atoms with E-state index in [-0.39, 0.29) is 11.8 Å². The number of carbonyl (C=O) groups excluding carboxylic acids is 1. The molecule has 1 aliphatic heterocycles. The lowest BCUT2D eigenvalue weighted by atomic mass is 9.94. The Hall–Kier alpha value is -2.33. The molecule has 2 N–H and O–H groups in total. The number of anilines is 1. The summed E-state index contributed by atoms with van der Waals surface area (Å²) in [6, 6.07) is 7.62. The number of benzene rings is 1. The van der Waals surface area contributed by atoms with Crippen LogP contribution in [0.5, 0.6) is 0 Å². The third-order valence-corrected chi connectivity index (χ3v) is 3.60. The molecule has 2 aromatic rings. The molecule has 0 bridgehead atoms. The van der Waals surface area contributed by atoms with Crippen molar-refractivity contribution in [3.05, 3.63) is 64.8 Å². The first kappa shape index (κ1) is 13.6. The van der Waals surface area contributed by atoms with Gasteiger partial charge in [-0.2, -0.15) is 5.10 Å². The molecule has 1 aliphatic rings. The van der Waals surface area contributed by atoms with Crippen molar-refractivity contribution in [3.8, 4) is 0 Å². The fraction of sp³-hybridized carbons (Fsp3) is 0.125. The van der Waals surface area contributed by atoms with Crippen LogP contribution in [0.15, 0.2) is 48.7 Å². The fourth-order valence-corrected chi connectivity index (χ4v) is 2.41. The number of H-pyrrole nitrogens is 1. The van der Waals surface area contributed by atoms with Gasteiger partial charge in [0.25, 0.3) is 0 Å². The molecule has 2 heterocycles. The van der Waals surface area contributed by atoms with Crippen LogP contribution < -0.4 is 5.32 Å². The zero-order valence-corrected chi connectivity index (χ0v) is 12.0. The number of amides is 1. The summed E-state index contributed by atoms with van der Waals surface area (Å²) in [7, 11) is 0. The molecule has 0 aliphatic carbocycles. The van der Waals surface area contributed by atoms with Gasteiger partial charge in [-0.15, -0.1) is 0 Å². The summed E-state index contributed by atoms with van der Waals surface area (Å²) in [5.41, 5.74) is 2.10. The number of nitrogens with zero attached hydrogens (tertiary/aromatic N) is 1. The number of fused-ring (bicyclic) bond motifs is 1. The minimum absolute atomic E-state index is 0.00285. The van der Waals surface area contributed by atoms with E-state index in [2.05, 4.69) is 15.5 Å². The number of rotatable bonds is 3. The Morgan fingerprint density at radius 2 is 2.05 bits per heavy atom. The Labute approximate surface area is 127 Å². The van der Waals surface area contributed by atoms with Gasteiger partial charge in [0, 0.05) is 22.9 Å². The Balaban J connectivity index is 1.69. The van der Waals surface area contributed by atoms with Gasteiger partial charge in [0.2, 0.25) is 5.91 Å². The van der Waals surface area contributed by atoms with E-state index in [4.69, 9.17) is 11.6 Å². The van der Waals surface area contributed by atoms with E-state index in [1.165, 1.54) is 0 Å². The lowest BCUT2D eigenvalue weighted by Gasteiger charge is -2.18. The molecule has 0 radical (unpaired) electrons. The second-order valence-electron chi connectivity index (χ2n) is 4.85. The maximum atomic E-state index is 11.6. The van der Waals surface area contributed by atoms with Crippen molar-refractivity contribution in [3.63, 3.8) is 0 Å². The van der Waals surface area contributed by atoms with Crippen molar-refractivity contribution in [1.29, 1.82) is 0 Å². The lowest BCUT2D eigenvalue weighted by molar-refractivity contribution is -0.116. The molecule has 0 fully saturated rings. The molecular formula is C16H14ClN3O. The number of aromatic amines is 1. The van der Waals surface area contributed by atoms with Crippen molar-refractivity contribution in [2.75, 3.05) is 5.32 Å². The maximum absolute atomic E-state index is 11.6. The van der Waals surface area contributed by atoms with Gasteiger partial charge in [0.05, 0.1) is 6.20 Å². The Morgan fingerprint density at radius 3 is 2.86 bits per heavy atom. The van der Waals surface area contributed by atoms with Crippen molar-refractivity contribution >= 4 is 29.4 Å². The van der Waals surface area contributed by atoms with Gasteiger partial charge in [-0.1, -0.05) is 48.0 Å². The van der Waals surface area contributed by atoms with Gasteiger partial charge in [-0.3, -0.25) is 9.89 Å². The van der Waals surface area contributed by atoms with Crippen LogP contribution in [-0.2, 0) is 4.79 Å². The zero-order valence-electron chi connectivity index (χ0n) is 11.2. The van der Waals surface area contributed by atoms with Crippen molar-refractivity contribution in [2.45, 2.75) is 12.3 Å². The minimum Gasteiger partial charge on any atom is -0.311 e. The largest absolute Gasteiger partial charge is 0.311 e. The van der Waals surface area contributed by atoms with E-state index < -0.39 is 0 Å². The summed E-state index contributed by atoms with van der Waals surface area (Å²) >= 11 is 5.84. The smallest absolute Gasteiger partial charge is 0.226 e. The summed E-state index contributed by atoms with van der Waals surface area (Å²) in [6.45, 7) is 0. The van der Waals surface area contributed by atoms with Gasteiger partial charge in [-0.25, -0.2) is 0 Å². The van der Waals surface area contributed by atoms with E-state index in [0.717, 1.165) is 16.1 Å². The third-order valence-electron chi connectivity index (χ3n) is 3.35. The summed E-state index contributed by atoms with van der Waals surface area (Å²) < 4.78 is 0. The van der Waals surface area contributed by atoms with Gasteiger partial charge in [-0.05, 0) is 17.7 Å². The predicted octanol–water partition coefficient (Wildman–Crippen LogP) is 3.76. The second kappa shape index (κ2) is 5.97. The topological polar surface area (TPSA) is 57.8 Å². The highest BCUT2D eigenvalue weighted by Gasteiger charge is 2.24. The first-order chi connectivity index (χ1) is 10.2. The van der Waals surface area contributed by atoms with E-state index in [1.807, 2.05) is 48.6 Å². The summed E-state index contributed by atoms with van der Waals surface area (Å²) in [5.74, 6) is 0.757. The molecular weight excluding hydrogens is 286 g/mol. The van der Waals surface area contributed by atoms with E-state index in [9.17, 15) is 4.79 Å². The SMILES string of the molecule is O=C1CC(C=CC=Cc2ccc(Cl)cc2)c2cn[nH]c2N1. The summed E-state index contributed by atoms with van der Waals surface area (Å²) in [5, 5.41) is 10.3. The zero-order chi connectivity index (χ0) is 14.7. The Kier molecular flexibility index (Phi) is 3.88. The average molecular weight is 300 g/mol. The van der Waals surface area contributed by atoms with Gasteiger partial charge < -0.3 is 5.32 Å². The molecule has 5 heteroatoms. The lowest BCUT2D eigenvalue weighted by Crippen LogP contribution is -2.21. The van der Waals surface area contributed by atoms with Crippen LogP contribution in [0.1, 0.15) is 23.5 Å². The highest BCUT2D eigenvalue weighted by molar-refractivity contribution is 6.30. The summed E-state index contributed by atoms with van der Waals surface area (Å²) in [6.07, 6.45) is 10.1. The van der Waals surface area contributed by atoms with Crippen LogP contribution in [0.2, 0.25) is 5.02 Å². The Morgan fingerprint density at radius 1 is 1.24 bits per heavy atom. The van der Waals surface area contributed by atoms with Gasteiger partial charge in [0.1, 0.15) is 5.82 Å². The molecule has 0 spiro atoms. The minimum atomic E-state index is 0.00285. The van der Waals surface area contributed by atoms with Crippen LogP contribution in [0.25, 0.3) is 6.08 Å². The van der Waals surface area contributed by atoms with Crippen LogP contribution in [-0.4, -0.2) is 16.1 Å². The van der Waals surface area contributed by atoms with Gasteiger partial charge >= 0.3 is 0 Å². The number of hydrogen-bond donors (Lipinski definition) is 2. The number of nitrogens with one attached hydrogen (secondary N) is 2. The van der Waals surface area contributed by atoms with Crippen LogP contribution >= 0.6 is 11.6 Å². The highest BCUT2D eigenvalue weighted by Crippen LogP contribution is 2.31. The molecule has 1 aromatic carbocycles. The molecule has 1 aromatic heterocycles. The van der Waals surface area contributed by atoms with Crippen molar-refractivity contribution in [2.24, 2.45) is 0 Å². The highest BCUT2D eigenvalue weighted by atomic mass is 35.5. The number of allylic oxidation sites excluding steroid dienone is 3. The molecule has 1 amide bonds. The molecule has 0 saturated heterocycles. The van der Waals surface area contributed by atoms with Crippen LogP contribution in [0, 0.1) is 0 Å². The monoisotopic (exact) mass is 299 g/mol. The summed E-state index contributed by atoms with van der Waals surface area (Å²) in [4.78, 5) is 11.6. The molecule has 1 unspecified atom stereocenters. The maximum Gasteiger partial charge on any atom is 0.226 e. The van der Waals surface area contributed by atoms with E-state index in [0.29, 0.717) is 12.2 Å². The van der Waals surface area contributed by atoms with Crippen LogP contribution in [0.4, 0.5) is 5.82 Å². The molecule has 4 nitrogen and oxygen atoms in total. The first-order valence-electron chi connectivity index (χ1n) is 6.66. The first-order valence-corrected chi connectivity index (χ1v) is 7.04. The standard InChI is InChI=1S/C16H14ClN3O/c17-13-7-5-11(6-8-13)3-1-2-4-12-9-15(21)19-16-14(12)10-18-20-16/h1-8,10,12H,9H2,(H2,18,19,20,21). The molecule has 21 heavy (non-hydrogen) atoms. The van der Waals surface area contributed by atoms with E-state index >= 15 is 0 Å². The number of hydrogen-bond acceptors (Lipinski definition) is 2. The second-order valence-corrected chi connectivity index (χ2v) is 5.29. The normalized spacial score (nSPS) is 18.1. The fourth-order valence-electron chi connectivity index (χ4n) is 2.29. The van der Waals surface area contributed by atoms with Crippen molar-refractivity contribution in [1.82, 2.24) is 10.2 Å². The molecule has 0 saturated carbocycles. The number of halogens is 1. The molecule has 106 valence electrons. The quantitative estimate of drug-likeness (QED) is 0.848. The third kappa shape index (κ3) is 3.23. The predicted molar refractivity (Wildman–Crippen MR) is 84.2 cm³/mol. The van der Waals surface area contributed by atoms with E-state index in [1.54, 1.807) is 6.20 Å². The van der Waals surface area contributed by atoms with Crippen LogP contribution in [0.3, 0.4) is 0 Å². The molecule has 3 rings (SSSR count). The number of carbonyl (C=O) groups is 1. The average Bonchev–Trinajstić information content (AvgIpc) is 2.93. The Bertz CT molecular complexity index is 701. The van der Waals surface area contributed by atoms with Gasteiger partial charge in [0.15, 0.2) is 0 Å².